The first kappa shape index (κ1) is 73.8. The summed E-state index contributed by atoms with van der Waals surface area (Å²) in [5.41, 5.74) is 28.5. The Morgan fingerprint density at radius 2 is 0.225 bits per heavy atom. The highest BCUT2D eigenvalue weighted by Gasteiger charge is 2.20. The van der Waals surface area contributed by atoms with Crippen molar-refractivity contribution in [2.75, 3.05) is 0 Å². The van der Waals surface area contributed by atoms with Crippen molar-refractivity contribution in [2.45, 2.75) is 0 Å². The number of aromatic nitrogens is 10. The van der Waals surface area contributed by atoms with Crippen LogP contribution in [0.2, 0.25) is 0 Å². The molecule has 10 heteroatoms. The third-order valence-corrected chi connectivity index (χ3v) is 21.1. The van der Waals surface area contributed by atoms with Gasteiger partial charge in [0, 0.05) is 66.8 Å². The topological polar surface area (TPSA) is 129 Å². The van der Waals surface area contributed by atoms with Crippen LogP contribution in [0.15, 0.2) is 449 Å². The Morgan fingerprint density at radius 3 is 0.492 bits per heavy atom. The van der Waals surface area contributed by atoms with Gasteiger partial charge in [-0.3, -0.25) is 0 Å². The monoisotopic (exact) mass is 1530 g/mol. The van der Waals surface area contributed by atoms with Gasteiger partial charge in [0.1, 0.15) is 0 Å². The molecule has 20 rings (SSSR count). The van der Waals surface area contributed by atoms with Crippen molar-refractivity contribution in [3.05, 3.63) is 449 Å². The SMILES string of the molecule is c1ccc(-c2cccc(-c3cccc(-c4nc(-c5ccccc5)cc(-c5cccc(-c6ccc(-c7nc(-c8ccccc8)nc(-c8ccccc8)n7)cc6)c5)n4)c3)c2)cc1.c1ccc(-c2cccc(-c3cccc(-c4nc(-c5ccccc5)nc(-c5ccc(-c6cccc(-c7cc(-c8ccccc8)nc(-c8ccccc8)n7)c6)cc5)n4)c3)c2)cc1. The Bertz CT molecular complexity index is 6850. The van der Waals surface area contributed by atoms with Crippen molar-refractivity contribution < 1.29 is 0 Å². The second-order valence-electron chi connectivity index (χ2n) is 29.1. The Hall–Kier alpha value is -16.3. The molecule has 0 radical (unpaired) electrons. The molecule has 0 saturated heterocycles. The maximum atomic E-state index is 5.22. The van der Waals surface area contributed by atoms with E-state index >= 15 is 0 Å². The summed E-state index contributed by atoms with van der Waals surface area (Å²) in [6.07, 6.45) is 0. The molecule has 20 aromatic rings. The predicted octanol–water partition coefficient (Wildman–Crippen LogP) is 27.3. The zero-order valence-corrected chi connectivity index (χ0v) is 65.2. The fraction of sp³-hybridized carbons (Fsp3) is 0. The number of nitrogens with zero attached hydrogens (tertiary/aromatic N) is 10. The van der Waals surface area contributed by atoms with Gasteiger partial charge >= 0.3 is 0 Å². The second kappa shape index (κ2) is 34.4. The quantitative estimate of drug-likeness (QED) is 0.0819. The van der Waals surface area contributed by atoms with Crippen molar-refractivity contribution in [3.8, 4) is 203 Å². The van der Waals surface area contributed by atoms with Gasteiger partial charge in [0.15, 0.2) is 46.6 Å². The minimum Gasteiger partial charge on any atom is -0.228 e. The second-order valence-corrected chi connectivity index (χ2v) is 29.1. The van der Waals surface area contributed by atoms with Gasteiger partial charge in [0.25, 0.3) is 0 Å². The molecule has 0 aliphatic heterocycles. The van der Waals surface area contributed by atoms with E-state index in [-0.39, 0.29) is 0 Å². The molecular formula is C110H74N10. The fourth-order valence-corrected chi connectivity index (χ4v) is 14.9. The minimum absolute atomic E-state index is 0.610. The van der Waals surface area contributed by atoms with Crippen LogP contribution >= 0.6 is 0 Å². The highest BCUT2D eigenvalue weighted by molar-refractivity contribution is 5.83. The molecule has 120 heavy (non-hydrogen) atoms. The first-order chi connectivity index (χ1) is 59.4. The van der Waals surface area contributed by atoms with Crippen LogP contribution in [0.5, 0.6) is 0 Å². The largest absolute Gasteiger partial charge is 0.228 e. The Labute approximate surface area is 697 Å². The Morgan fingerprint density at radius 1 is 0.0833 bits per heavy atom. The Balaban J connectivity index is 0.000000159. The van der Waals surface area contributed by atoms with Crippen LogP contribution in [0.3, 0.4) is 0 Å². The maximum absolute atomic E-state index is 5.22. The van der Waals surface area contributed by atoms with Crippen LogP contribution in [0, 0.1) is 0 Å². The maximum Gasteiger partial charge on any atom is 0.164 e. The molecule has 0 amide bonds. The zero-order chi connectivity index (χ0) is 80.2. The van der Waals surface area contributed by atoms with Gasteiger partial charge in [0.2, 0.25) is 0 Å². The summed E-state index contributed by atoms with van der Waals surface area (Å²) < 4.78 is 0. The molecule has 0 aliphatic rings. The van der Waals surface area contributed by atoms with Gasteiger partial charge < -0.3 is 0 Å². The first-order valence-corrected chi connectivity index (χ1v) is 40.0. The van der Waals surface area contributed by atoms with Gasteiger partial charge in [-0.15, -0.1) is 0 Å². The van der Waals surface area contributed by atoms with Gasteiger partial charge in [-0.25, -0.2) is 49.8 Å². The lowest BCUT2D eigenvalue weighted by molar-refractivity contribution is 1.07. The van der Waals surface area contributed by atoms with Crippen LogP contribution in [-0.4, -0.2) is 49.8 Å². The highest BCUT2D eigenvalue weighted by atomic mass is 15.0. The van der Waals surface area contributed by atoms with Crippen LogP contribution in [-0.2, 0) is 0 Å². The smallest absolute Gasteiger partial charge is 0.164 e. The van der Waals surface area contributed by atoms with E-state index in [1.807, 2.05) is 170 Å². The normalized spacial score (nSPS) is 11.0. The summed E-state index contributed by atoms with van der Waals surface area (Å²) in [5, 5.41) is 0. The molecule has 4 heterocycles. The number of rotatable bonds is 18. The lowest BCUT2D eigenvalue weighted by atomic mass is 9.97. The number of hydrogen-bond donors (Lipinski definition) is 0. The minimum atomic E-state index is 0.610. The van der Waals surface area contributed by atoms with E-state index in [9.17, 15) is 0 Å². The number of hydrogen-bond acceptors (Lipinski definition) is 10. The molecule has 0 fully saturated rings. The van der Waals surface area contributed by atoms with E-state index in [0.29, 0.717) is 46.6 Å². The van der Waals surface area contributed by atoms with Gasteiger partial charge in [0.05, 0.1) is 22.8 Å². The summed E-state index contributed by atoms with van der Waals surface area (Å²) in [6, 6.07) is 154. The third kappa shape index (κ3) is 16.8. The summed E-state index contributed by atoms with van der Waals surface area (Å²) >= 11 is 0. The third-order valence-electron chi connectivity index (χ3n) is 21.1. The van der Waals surface area contributed by atoms with Crippen molar-refractivity contribution >= 4 is 0 Å². The molecule has 0 unspecified atom stereocenters. The van der Waals surface area contributed by atoms with Crippen molar-refractivity contribution in [1.82, 2.24) is 49.8 Å². The molecular weight excluding hydrogens is 1460 g/mol. The molecule has 0 N–H and O–H groups in total. The van der Waals surface area contributed by atoms with Crippen molar-refractivity contribution in [1.29, 1.82) is 0 Å². The van der Waals surface area contributed by atoms with Gasteiger partial charge in [-0.05, 0) is 115 Å². The average Bonchev–Trinajstić information content (AvgIpc) is 0.797. The standard InChI is InChI=1S/2C55H37N5/c1-5-16-38(17-6-1)44-24-13-26-46(34-44)47-27-15-29-49(36-47)55-56-50(40-18-7-2-8-19-40)37-51(57-55)48-28-14-25-45(35-48)39-30-32-43(33-31-39)54-59-52(41-20-9-3-10-21-41)58-53(60-54)42-22-11-4-12-23-42;1-5-16-38(17-6-1)44-24-13-26-46(34-44)47-27-15-29-49(36-47)55-59-53(42-22-11-4-12-23-42)58-54(60-55)43-32-30-39(31-33-43)45-25-14-28-48(35-45)51-37-50(40-18-7-2-8-19-40)56-52(57-51)41-20-9-3-10-21-41/h2*1-37H. The summed E-state index contributed by atoms with van der Waals surface area (Å²) in [6.45, 7) is 0. The first-order valence-electron chi connectivity index (χ1n) is 40.0. The highest BCUT2D eigenvalue weighted by Crippen LogP contribution is 2.38. The summed E-state index contributed by atoms with van der Waals surface area (Å²) in [5.74, 6) is 5.11. The molecule has 564 valence electrons. The van der Waals surface area contributed by atoms with Crippen LogP contribution in [0.25, 0.3) is 203 Å². The van der Waals surface area contributed by atoms with Crippen LogP contribution < -0.4 is 0 Å². The van der Waals surface area contributed by atoms with Crippen molar-refractivity contribution in [3.63, 3.8) is 0 Å². The lowest BCUT2D eigenvalue weighted by Gasteiger charge is -2.12. The van der Waals surface area contributed by atoms with E-state index in [1.165, 1.54) is 22.3 Å². The molecule has 4 aromatic heterocycles. The zero-order valence-electron chi connectivity index (χ0n) is 65.2. The van der Waals surface area contributed by atoms with Gasteiger partial charge in [-0.1, -0.05) is 400 Å². The summed E-state index contributed by atoms with van der Waals surface area (Å²) in [4.78, 5) is 50.2. The number of benzene rings is 16. The van der Waals surface area contributed by atoms with Crippen LogP contribution in [0.1, 0.15) is 0 Å². The molecule has 0 saturated carbocycles. The molecule has 0 atom stereocenters. The van der Waals surface area contributed by atoms with Gasteiger partial charge in [-0.2, -0.15) is 0 Å². The molecule has 0 spiro atoms. The molecule has 0 aliphatic carbocycles. The van der Waals surface area contributed by atoms with Crippen molar-refractivity contribution in [2.24, 2.45) is 0 Å². The van der Waals surface area contributed by atoms with E-state index in [2.05, 4.69) is 279 Å². The fourth-order valence-electron chi connectivity index (χ4n) is 14.9. The van der Waals surface area contributed by atoms with E-state index < -0.39 is 0 Å². The summed E-state index contributed by atoms with van der Waals surface area (Å²) in [7, 11) is 0. The lowest BCUT2D eigenvalue weighted by Crippen LogP contribution is -2.00. The molecule has 10 nitrogen and oxygen atoms in total. The molecule has 0 bridgehead atoms. The van der Waals surface area contributed by atoms with E-state index in [4.69, 9.17) is 49.8 Å². The Kier molecular flexibility index (Phi) is 21.2. The van der Waals surface area contributed by atoms with E-state index in [1.54, 1.807) is 0 Å². The average molecular weight is 1540 g/mol. The van der Waals surface area contributed by atoms with E-state index in [0.717, 1.165) is 134 Å². The predicted molar refractivity (Wildman–Crippen MR) is 489 cm³/mol. The molecule has 16 aromatic carbocycles. The van der Waals surface area contributed by atoms with Crippen LogP contribution in [0.4, 0.5) is 0 Å².